The molecule has 0 heterocycles. The smallest absolute Gasteiger partial charge is 0.0637 e. The minimum Gasteiger partial charge on any atom is -0.306 e. The van der Waals surface area contributed by atoms with Crippen LogP contribution in [-0.2, 0) is 6.54 Å². The maximum atomic E-state index is 6.20. The highest BCUT2D eigenvalue weighted by molar-refractivity contribution is 6.42. The molecule has 20 heavy (non-hydrogen) atoms. The quantitative estimate of drug-likeness (QED) is 0.790. The Morgan fingerprint density at radius 3 is 2.55 bits per heavy atom. The zero-order valence-electron chi connectivity index (χ0n) is 12.0. The minimum atomic E-state index is 0.269. The first-order valence-corrected chi connectivity index (χ1v) is 7.48. The first-order valence-electron chi connectivity index (χ1n) is 6.72. The maximum Gasteiger partial charge on any atom is 0.0637 e. The summed E-state index contributed by atoms with van der Waals surface area (Å²) in [6.45, 7) is 7.12. The first kappa shape index (κ1) is 15.4. The summed E-state index contributed by atoms with van der Waals surface area (Å²) < 4.78 is 0. The number of aryl methyl sites for hydroxylation is 2. The van der Waals surface area contributed by atoms with Crippen LogP contribution in [-0.4, -0.2) is 0 Å². The molecule has 2 aromatic carbocycles. The molecular formula is C17H19Cl2N. The van der Waals surface area contributed by atoms with E-state index < -0.39 is 0 Å². The number of benzene rings is 2. The summed E-state index contributed by atoms with van der Waals surface area (Å²) in [4.78, 5) is 0. The molecule has 0 radical (unpaired) electrons. The van der Waals surface area contributed by atoms with E-state index in [0.717, 1.165) is 5.56 Å². The molecule has 0 bridgehead atoms. The summed E-state index contributed by atoms with van der Waals surface area (Å²) in [6, 6.07) is 12.5. The molecule has 0 aliphatic heterocycles. The predicted molar refractivity (Wildman–Crippen MR) is 87.6 cm³/mol. The highest BCUT2D eigenvalue weighted by Gasteiger charge is 2.10. The third-order valence-electron chi connectivity index (χ3n) is 3.52. The summed E-state index contributed by atoms with van der Waals surface area (Å²) in [5.41, 5.74) is 4.93. The van der Waals surface area contributed by atoms with E-state index >= 15 is 0 Å². The third kappa shape index (κ3) is 3.54. The molecule has 1 N–H and O–H groups in total. The van der Waals surface area contributed by atoms with Gasteiger partial charge in [-0.1, -0.05) is 59.1 Å². The number of nitrogens with one attached hydrogen (secondary N) is 1. The lowest BCUT2D eigenvalue weighted by Crippen LogP contribution is -2.19. The van der Waals surface area contributed by atoms with E-state index in [0.29, 0.717) is 16.6 Å². The van der Waals surface area contributed by atoms with E-state index in [9.17, 15) is 0 Å². The van der Waals surface area contributed by atoms with Crippen molar-refractivity contribution < 1.29 is 0 Å². The van der Waals surface area contributed by atoms with Crippen LogP contribution >= 0.6 is 23.2 Å². The molecule has 0 aliphatic rings. The Balaban J connectivity index is 2.08. The molecule has 3 heteroatoms. The van der Waals surface area contributed by atoms with E-state index in [1.807, 2.05) is 12.1 Å². The van der Waals surface area contributed by atoms with E-state index in [-0.39, 0.29) is 6.04 Å². The molecule has 0 spiro atoms. The lowest BCUT2D eigenvalue weighted by molar-refractivity contribution is 0.572. The minimum absolute atomic E-state index is 0.269. The second kappa shape index (κ2) is 6.62. The van der Waals surface area contributed by atoms with Crippen LogP contribution in [0.4, 0.5) is 0 Å². The van der Waals surface area contributed by atoms with Gasteiger partial charge in [-0.05, 0) is 43.5 Å². The van der Waals surface area contributed by atoms with Gasteiger partial charge in [-0.25, -0.2) is 0 Å². The van der Waals surface area contributed by atoms with Gasteiger partial charge < -0.3 is 5.32 Å². The van der Waals surface area contributed by atoms with Crippen LogP contribution in [0, 0.1) is 13.8 Å². The summed E-state index contributed by atoms with van der Waals surface area (Å²) in [7, 11) is 0. The fraction of sp³-hybridized carbons (Fsp3) is 0.294. The van der Waals surface area contributed by atoms with Crippen molar-refractivity contribution in [1.29, 1.82) is 0 Å². The average Bonchev–Trinajstić information content (AvgIpc) is 2.40. The number of hydrogen-bond donors (Lipinski definition) is 1. The Hall–Kier alpha value is -1.02. The van der Waals surface area contributed by atoms with Crippen LogP contribution in [0.5, 0.6) is 0 Å². The largest absolute Gasteiger partial charge is 0.306 e. The average molecular weight is 308 g/mol. The summed E-state index contributed by atoms with van der Waals surface area (Å²) in [5, 5.41) is 4.74. The van der Waals surface area contributed by atoms with Gasteiger partial charge in [-0.15, -0.1) is 0 Å². The molecule has 1 unspecified atom stereocenters. The molecule has 0 aromatic heterocycles. The van der Waals surface area contributed by atoms with Gasteiger partial charge in [0, 0.05) is 12.6 Å². The molecule has 0 amide bonds. The lowest BCUT2D eigenvalue weighted by Gasteiger charge is -2.18. The van der Waals surface area contributed by atoms with Gasteiger partial charge in [0.2, 0.25) is 0 Å². The van der Waals surface area contributed by atoms with Crippen LogP contribution in [0.1, 0.15) is 35.2 Å². The zero-order chi connectivity index (χ0) is 14.7. The van der Waals surface area contributed by atoms with Crippen LogP contribution in [0.3, 0.4) is 0 Å². The fourth-order valence-corrected chi connectivity index (χ4v) is 2.76. The van der Waals surface area contributed by atoms with Crippen molar-refractivity contribution in [3.05, 3.63) is 68.7 Å². The van der Waals surface area contributed by atoms with Gasteiger partial charge >= 0.3 is 0 Å². The number of rotatable bonds is 4. The second-order valence-corrected chi connectivity index (χ2v) is 5.96. The topological polar surface area (TPSA) is 12.0 Å². The van der Waals surface area contributed by atoms with Crippen molar-refractivity contribution in [2.24, 2.45) is 0 Å². The molecule has 1 nitrogen and oxygen atoms in total. The molecule has 0 aliphatic carbocycles. The Morgan fingerprint density at radius 2 is 1.85 bits per heavy atom. The van der Waals surface area contributed by atoms with Crippen molar-refractivity contribution in [2.45, 2.75) is 33.4 Å². The van der Waals surface area contributed by atoms with Crippen LogP contribution in [0.15, 0.2) is 36.4 Å². The normalized spacial score (nSPS) is 12.4. The van der Waals surface area contributed by atoms with Gasteiger partial charge in [-0.3, -0.25) is 0 Å². The Bertz CT molecular complexity index is 608. The maximum absolute atomic E-state index is 6.20. The molecular weight excluding hydrogens is 289 g/mol. The van der Waals surface area contributed by atoms with Gasteiger partial charge in [0.1, 0.15) is 0 Å². The summed E-state index contributed by atoms with van der Waals surface area (Å²) >= 11 is 12.2. The SMILES string of the molecule is Cc1ccc(C(C)NCc2cccc(Cl)c2Cl)c(C)c1. The van der Waals surface area contributed by atoms with E-state index in [4.69, 9.17) is 23.2 Å². The zero-order valence-corrected chi connectivity index (χ0v) is 13.5. The predicted octanol–water partition coefficient (Wildman–Crippen LogP) is 5.46. The van der Waals surface area contributed by atoms with E-state index in [2.05, 4.69) is 44.3 Å². The van der Waals surface area contributed by atoms with Gasteiger partial charge in [-0.2, -0.15) is 0 Å². The number of hydrogen-bond acceptors (Lipinski definition) is 1. The van der Waals surface area contributed by atoms with Crippen molar-refractivity contribution in [2.75, 3.05) is 0 Å². The van der Waals surface area contributed by atoms with Crippen molar-refractivity contribution in [3.8, 4) is 0 Å². The highest BCUT2D eigenvalue weighted by Crippen LogP contribution is 2.26. The Labute approximate surface area is 130 Å². The van der Waals surface area contributed by atoms with Crippen LogP contribution in [0.25, 0.3) is 0 Å². The standard InChI is InChI=1S/C17H19Cl2N/c1-11-7-8-15(12(2)9-11)13(3)20-10-14-5-4-6-16(18)17(14)19/h4-9,13,20H,10H2,1-3H3. The molecule has 106 valence electrons. The molecule has 0 saturated carbocycles. The molecule has 0 saturated heterocycles. The monoisotopic (exact) mass is 307 g/mol. The summed E-state index contributed by atoms with van der Waals surface area (Å²) in [5.74, 6) is 0. The second-order valence-electron chi connectivity index (χ2n) is 5.18. The van der Waals surface area contributed by atoms with Gasteiger partial charge in [0.15, 0.2) is 0 Å². The van der Waals surface area contributed by atoms with Gasteiger partial charge in [0.25, 0.3) is 0 Å². The highest BCUT2D eigenvalue weighted by atomic mass is 35.5. The number of halogens is 2. The Morgan fingerprint density at radius 1 is 1.10 bits per heavy atom. The third-order valence-corrected chi connectivity index (χ3v) is 4.38. The van der Waals surface area contributed by atoms with Gasteiger partial charge in [0.05, 0.1) is 10.0 Å². The lowest BCUT2D eigenvalue weighted by atomic mass is 10.00. The van der Waals surface area contributed by atoms with Crippen LogP contribution < -0.4 is 5.32 Å². The van der Waals surface area contributed by atoms with E-state index in [1.165, 1.54) is 16.7 Å². The molecule has 0 fully saturated rings. The van der Waals surface area contributed by atoms with Crippen molar-refractivity contribution in [3.63, 3.8) is 0 Å². The summed E-state index contributed by atoms with van der Waals surface area (Å²) in [6.07, 6.45) is 0. The van der Waals surface area contributed by atoms with Crippen LogP contribution in [0.2, 0.25) is 10.0 Å². The Kier molecular flexibility index (Phi) is 5.09. The fourth-order valence-electron chi connectivity index (χ4n) is 2.37. The van der Waals surface area contributed by atoms with Crippen molar-refractivity contribution >= 4 is 23.2 Å². The first-order chi connectivity index (χ1) is 9.49. The molecule has 2 aromatic rings. The van der Waals surface area contributed by atoms with E-state index in [1.54, 1.807) is 6.07 Å². The van der Waals surface area contributed by atoms with Crippen molar-refractivity contribution in [1.82, 2.24) is 5.32 Å². The molecule has 2 rings (SSSR count). The molecule has 1 atom stereocenters.